The molecule has 1 aliphatic rings. The van der Waals surface area contributed by atoms with Crippen molar-refractivity contribution in [1.82, 2.24) is 0 Å². The van der Waals surface area contributed by atoms with Crippen LogP contribution in [0.3, 0.4) is 0 Å². The molecule has 0 saturated carbocycles. The summed E-state index contributed by atoms with van der Waals surface area (Å²) in [5.41, 5.74) is 34.7. The Morgan fingerprint density at radius 1 is 0.181 bits per heavy atom. The monoisotopic (exact) mass is 961 g/mol. The second-order valence-electron chi connectivity index (χ2n) is 29.1. The number of hydrogen-bond acceptors (Lipinski definition) is 0. The van der Waals surface area contributed by atoms with Crippen molar-refractivity contribution in [3.8, 4) is 0 Å². The van der Waals surface area contributed by atoms with Crippen molar-refractivity contribution in [3.05, 3.63) is 206 Å². The van der Waals surface area contributed by atoms with E-state index in [1.165, 1.54) is 134 Å². The van der Waals surface area contributed by atoms with Crippen LogP contribution < -0.4 is 0 Å². The summed E-state index contributed by atoms with van der Waals surface area (Å²) in [7, 11) is 0. The fourth-order valence-electron chi connectivity index (χ4n) is 11.1. The summed E-state index contributed by atoms with van der Waals surface area (Å²) in [6, 6.07) is 30.7. The molecule has 0 unspecified atom stereocenters. The summed E-state index contributed by atoms with van der Waals surface area (Å²) < 4.78 is 0. The van der Waals surface area contributed by atoms with Gasteiger partial charge in [0.25, 0.3) is 0 Å². The van der Waals surface area contributed by atoms with Crippen molar-refractivity contribution in [2.45, 2.75) is 237 Å². The SMILES string of the molecule is Cc1c2cc(C(C)(C)C)cc1Cc1cc(C(C)(C)C)cc(c1C)Cc1cc(C(C)(C)C)cc(c1C)Cc1cc(C(C)(C)C)cc(c1C)Cc1cc(C(C)(C)C)cc(c1C)Cc1cc(C(C)(C)C)cc(c1C)C2. The zero-order valence-corrected chi connectivity index (χ0v) is 50.2. The Morgan fingerprint density at radius 3 is 0.333 bits per heavy atom. The molecule has 0 radical (unpaired) electrons. The van der Waals surface area contributed by atoms with E-state index >= 15 is 0 Å². The average molecular weight is 962 g/mol. The van der Waals surface area contributed by atoms with E-state index < -0.39 is 0 Å². The van der Waals surface area contributed by atoms with Gasteiger partial charge in [-0.2, -0.15) is 0 Å². The lowest BCUT2D eigenvalue weighted by atomic mass is 9.77. The molecule has 0 aliphatic heterocycles. The Morgan fingerprint density at radius 2 is 0.264 bits per heavy atom. The van der Waals surface area contributed by atoms with Crippen LogP contribution in [0.15, 0.2) is 72.8 Å². The number of rotatable bonds is 0. The first-order valence-electron chi connectivity index (χ1n) is 27.7. The van der Waals surface area contributed by atoms with Crippen LogP contribution in [0.5, 0.6) is 0 Å². The molecule has 0 heterocycles. The number of fused-ring (bicyclic) bond motifs is 12. The minimum Gasteiger partial charge on any atom is -0.0561 e. The van der Waals surface area contributed by atoms with Crippen LogP contribution in [-0.2, 0) is 71.0 Å². The third kappa shape index (κ3) is 11.8. The Kier molecular flexibility index (Phi) is 14.7. The van der Waals surface area contributed by atoms with Gasteiger partial charge in [0.05, 0.1) is 0 Å². The molecule has 0 saturated heterocycles. The molecule has 0 amide bonds. The van der Waals surface area contributed by atoms with Crippen molar-refractivity contribution in [1.29, 1.82) is 0 Å². The fourth-order valence-corrected chi connectivity index (χ4v) is 11.1. The smallest absolute Gasteiger partial charge is 0.00201 e. The lowest BCUT2D eigenvalue weighted by molar-refractivity contribution is 0.587. The lowest BCUT2D eigenvalue weighted by Crippen LogP contribution is -2.17. The maximum Gasteiger partial charge on any atom is -0.00201 e. The third-order valence-corrected chi connectivity index (χ3v) is 17.2. The highest BCUT2D eigenvalue weighted by Crippen LogP contribution is 2.40. The van der Waals surface area contributed by atoms with Crippen LogP contribution in [0, 0.1) is 41.5 Å². The van der Waals surface area contributed by atoms with Gasteiger partial charge < -0.3 is 0 Å². The maximum absolute atomic E-state index is 2.56. The topological polar surface area (TPSA) is 0 Å². The molecule has 7 rings (SSSR count). The third-order valence-electron chi connectivity index (χ3n) is 17.2. The molecule has 0 spiro atoms. The van der Waals surface area contributed by atoms with E-state index in [1.807, 2.05) is 0 Å². The van der Waals surface area contributed by atoms with Gasteiger partial charge in [0.1, 0.15) is 0 Å². The maximum atomic E-state index is 2.56. The molecule has 0 heteroatoms. The van der Waals surface area contributed by atoms with E-state index in [4.69, 9.17) is 0 Å². The summed E-state index contributed by atoms with van der Waals surface area (Å²) in [5, 5.41) is 0. The Balaban J connectivity index is 1.58. The molecule has 6 aromatic carbocycles. The quantitative estimate of drug-likeness (QED) is 0.142. The predicted molar refractivity (Wildman–Crippen MR) is 316 cm³/mol. The number of benzene rings is 6. The van der Waals surface area contributed by atoms with Gasteiger partial charge in [-0.25, -0.2) is 0 Å². The van der Waals surface area contributed by atoms with Gasteiger partial charge in [0, 0.05) is 0 Å². The van der Waals surface area contributed by atoms with E-state index in [1.54, 1.807) is 0 Å². The van der Waals surface area contributed by atoms with Crippen molar-refractivity contribution in [2.75, 3.05) is 0 Å². The van der Waals surface area contributed by atoms with E-state index in [2.05, 4.69) is 239 Å². The van der Waals surface area contributed by atoms with Crippen LogP contribution in [-0.4, -0.2) is 0 Å². The first-order valence-corrected chi connectivity index (χ1v) is 27.7. The molecule has 0 N–H and O–H groups in total. The van der Waals surface area contributed by atoms with E-state index in [0.717, 1.165) is 38.5 Å². The van der Waals surface area contributed by atoms with Gasteiger partial charge in [0.15, 0.2) is 0 Å². The highest BCUT2D eigenvalue weighted by molar-refractivity contribution is 5.56. The molecule has 0 fully saturated rings. The molecule has 72 heavy (non-hydrogen) atoms. The predicted octanol–water partition coefficient (Wildman–Crippen LogP) is 19.2. The van der Waals surface area contributed by atoms with E-state index in [-0.39, 0.29) is 32.5 Å². The van der Waals surface area contributed by atoms with Gasteiger partial charge in [-0.1, -0.05) is 197 Å². The second kappa shape index (κ2) is 19.2. The van der Waals surface area contributed by atoms with Crippen molar-refractivity contribution in [2.24, 2.45) is 0 Å². The summed E-state index contributed by atoms with van der Waals surface area (Å²) in [6.45, 7) is 57.6. The summed E-state index contributed by atoms with van der Waals surface area (Å²) in [6.07, 6.45) is 5.51. The molecule has 12 bridgehead atoms. The van der Waals surface area contributed by atoms with Gasteiger partial charge >= 0.3 is 0 Å². The van der Waals surface area contributed by atoms with Crippen LogP contribution in [0.2, 0.25) is 0 Å². The zero-order valence-electron chi connectivity index (χ0n) is 50.2. The minimum absolute atomic E-state index is 0.00847. The van der Waals surface area contributed by atoms with Gasteiger partial charge in [-0.3, -0.25) is 0 Å². The van der Waals surface area contributed by atoms with Crippen LogP contribution >= 0.6 is 0 Å². The average Bonchev–Trinajstić information content (AvgIpc) is 3.23. The largest absolute Gasteiger partial charge is 0.0561 e. The fraction of sp³-hybridized carbons (Fsp3) is 0.500. The van der Waals surface area contributed by atoms with E-state index in [9.17, 15) is 0 Å². The van der Waals surface area contributed by atoms with Gasteiger partial charge in [0.2, 0.25) is 0 Å². The molecule has 6 aromatic rings. The first-order chi connectivity index (χ1) is 32.9. The van der Waals surface area contributed by atoms with Crippen LogP contribution in [0.25, 0.3) is 0 Å². The highest BCUT2D eigenvalue weighted by atomic mass is 14.3. The van der Waals surface area contributed by atoms with E-state index in [0.29, 0.717) is 0 Å². The summed E-state index contributed by atoms with van der Waals surface area (Å²) in [4.78, 5) is 0. The van der Waals surface area contributed by atoms with Crippen LogP contribution in [0.1, 0.15) is 258 Å². The molecule has 0 atom stereocenters. The molecule has 0 aromatic heterocycles. The summed E-state index contributed by atoms with van der Waals surface area (Å²) in [5.74, 6) is 0. The standard InChI is InChI=1S/C72H96/c1-43-49-25-51-33-62(68(10,11)12)35-53(44(51)2)27-55-37-64(70(16,17)18)39-57(46(55)4)29-59-41-66(72(22,23)24)42-60(48(59)6)30-58-40-65(71(19,20)21)38-56(47(58)5)28-54-36-63(69(13,14)15)34-52(45(54)3)26-50(43)32-61(31-49)67(7,8)9/h31-42H,25-30H2,1-24H3. The van der Waals surface area contributed by atoms with Gasteiger partial charge in [-0.05, 0) is 246 Å². The first kappa shape index (κ1) is 55.1. The molecular formula is C72H96. The molecular weight excluding hydrogens is 865 g/mol. The minimum atomic E-state index is 0.00847. The molecule has 384 valence electrons. The normalized spacial score (nSPS) is 14.3. The Bertz CT molecular complexity index is 2360. The molecule has 0 nitrogen and oxygen atoms in total. The van der Waals surface area contributed by atoms with Crippen molar-refractivity contribution < 1.29 is 0 Å². The Hall–Kier alpha value is -4.68. The second-order valence-corrected chi connectivity index (χ2v) is 29.1. The lowest BCUT2D eigenvalue weighted by Gasteiger charge is -2.28. The van der Waals surface area contributed by atoms with Crippen molar-refractivity contribution >= 4 is 0 Å². The summed E-state index contributed by atoms with van der Waals surface area (Å²) >= 11 is 0. The van der Waals surface area contributed by atoms with Crippen molar-refractivity contribution in [3.63, 3.8) is 0 Å². The Labute approximate surface area is 441 Å². The zero-order chi connectivity index (χ0) is 53.6. The molecule has 1 aliphatic carbocycles. The number of hydrogen-bond donors (Lipinski definition) is 0. The van der Waals surface area contributed by atoms with Crippen LogP contribution in [0.4, 0.5) is 0 Å². The highest BCUT2D eigenvalue weighted by Gasteiger charge is 2.27. The van der Waals surface area contributed by atoms with Gasteiger partial charge in [-0.15, -0.1) is 0 Å².